The van der Waals surface area contributed by atoms with Gasteiger partial charge in [0.2, 0.25) is 0 Å². The average molecular weight is 266 g/mol. The average Bonchev–Trinajstić information content (AvgIpc) is 2.89. The fraction of sp³-hybridized carbons (Fsp3) is 0.125. The van der Waals surface area contributed by atoms with Gasteiger partial charge in [0.1, 0.15) is 5.82 Å². The summed E-state index contributed by atoms with van der Waals surface area (Å²) in [5, 5.41) is 0. The lowest BCUT2D eigenvalue weighted by atomic mass is 10.1. The molecule has 0 spiro atoms. The summed E-state index contributed by atoms with van der Waals surface area (Å²) in [6.07, 6.45) is 0. The van der Waals surface area contributed by atoms with Gasteiger partial charge >= 0.3 is 5.97 Å². The SMILES string of the molecule is COC(=O)c1ccccc1-c1nc2ccc(C)cc2[nH]1. The third-order valence-electron chi connectivity index (χ3n) is 3.22. The van der Waals surface area contributed by atoms with Gasteiger partial charge < -0.3 is 9.72 Å². The van der Waals surface area contributed by atoms with E-state index in [9.17, 15) is 4.79 Å². The summed E-state index contributed by atoms with van der Waals surface area (Å²) in [6, 6.07) is 13.3. The number of carbonyl (C=O) groups excluding carboxylic acids is 1. The lowest BCUT2D eigenvalue weighted by Crippen LogP contribution is -2.03. The van der Waals surface area contributed by atoms with Crippen LogP contribution >= 0.6 is 0 Å². The van der Waals surface area contributed by atoms with Crippen LogP contribution in [0.25, 0.3) is 22.4 Å². The Morgan fingerprint density at radius 2 is 2.00 bits per heavy atom. The number of esters is 1. The van der Waals surface area contributed by atoms with Gasteiger partial charge in [-0.1, -0.05) is 24.3 Å². The van der Waals surface area contributed by atoms with E-state index >= 15 is 0 Å². The maximum Gasteiger partial charge on any atom is 0.338 e. The van der Waals surface area contributed by atoms with Crippen LogP contribution in [0.2, 0.25) is 0 Å². The summed E-state index contributed by atoms with van der Waals surface area (Å²) in [7, 11) is 1.38. The molecule has 0 bridgehead atoms. The Labute approximate surface area is 116 Å². The smallest absolute Gasteiger partial charge is 0.338 e. The number of aromatic nitrogens is 2. The first-order chi connectivity index (χ1) is 9.69. The molecule has 0 amide bonds. The Kier molecular flexibility index (Phi) is 2.99. The van der Waals surface area contributed by atoms with Crippen molar-refractivity contribution in [2.24, 2.45) is 0 Å². The molecule has 4 nitrogen and oxygen atoms in total. The highest BCUT2D eigenvalue weighted by Gasteiger charge is 2.15. The second-order valence-corrected chi connectivity index (χ2v) is 4.64. The molecule has 1 aromatic heterocycles. The number of nitrogens with one attached hydrogen (secondary N) is 1. The molecule has 0 atom stereocenters. The largest absolute Gasteiger partial charge is 0.465 e. The van der Waals surface area contributed by atoms with Crippen molar-refractivity contribution in [3.63, 3.8) is 0 Å². The van der Waals surface area contributed by atoms with Crippen LogP contribution in [0.3, 0.4) is 0 Å². The second-order valence-electron chi connectivity index (χ2n) is 4.64. The number of carbonyl (C=O) groups is 1. The molecular formula is C16H14N2O2. The van der Waals surface area contributed by atoms with Crippen molar-refractivity contribution in [1.29, 1.82) is 0 Å². The minimum Gasteiger partial charge on any atom is -0.465 e. The first-order valence-electron chi connectivity index (χ1n) is 6.33. The van der Waals surface area contributed by atoms with Crippen molar-refractivity contribution >= 4 is 17.0 Å². The summed E-state index contributed by atoms with van der Waals surface area (Å²) in [5.74, 6) is 0.309. The number of methoxy groups -OCH3 is 1. The van der Waals surface area contributed by atoms with Crippen LogP contribution < -0.4 is 0 Å². The summed E-state index contributed by atoms with van der Waals surface area (Å²) in [5.41, 5.74) is 4.25. The predicted octanol–water partition coefficient (Wildman–Crippen LogP) is 3.32. The van der Waals surface area contributed by atoms with E-state index in [0.717, 1.165) is 22.2 Å². The van der Waals surface area contributed by atoms with Crippen molar-refractivity contribution < 1.29 is 9.53 Å². The first-order valence-corrected chi connectivity index (χ1v) is 6.33. The van der Waals surface area contributed by atoms with Gasteiger partial charge in [-0.05, 0) is 30.7 Å². The quantitative estimate of drug-likeness (QED) is 0.724. The Balaban J connectivity index is 2.18. The number of benzene rings is 2. The maximum atomic E-state index is 11.8. The van der Waals surface area contributed by atoms with Gasteiger partial charge in [0, 0.05) is 5.56 Å². The van der Waals surface area contributed by atoms with E-state index in [1.807, 2.05) is 43.3 Å². The Morgan fingerprint density at radius 1 is 1.20 bits per heavy atom. The molecule has 0 saturated carbocycles. The number of rotatable bonds is 2. The molecule has 0 aliphatic carbocycles. The van der Waals surface area contributed by atoms with Crippen molar-refractivity contribution in [3.05, 3.63) is 53.6 Å². The zero-order valence-electron chi connectivity index (χ0n) is 11.3. The normalized spacial score (nSPS) is 10.7. The number of fused-ring (bicyclic) bond motifs is 1. The van der Waals surface area contributed by atoms with Crippen LogP contribution in [0.4, 0.5) is 0 Å². The summed E-state index contributed by atoms with van der Waals surface area (Å²) < 4.78 is 4.81. The Hall–Kier alpha value is -2.62. The highest BCUT2D eigenvalue weighted by atomic mass is 16.5. The second kappa shape index (κ2) is 4.81. The highest BCUT2D eigenvalue weighted by Crippen LogP contribution is 2.24. The van der Waals surface area contributed by atoms with Crippen LogP contribution in [0.1, 0.15) is 15.9 Å². The molecule has 0 aliphatic rings. The minimum atomic E-state index is -0.364. The minimum absolute atomic E-state index is 0.364. The van der Waals surface area contributed by atoms with Crippen LogP contribution in [0.5, 0.6) is 0 Å². The number of aromatic amines is 1. The third-order valence-corrected chi connectivity index (χ3v) is 3.22. The predicted molar refractivity (Wildman–Crippen MR) is 77.6 cm³/mol. The van der Waals surface area contributed by atoms with Gasteiger partial charge in [-0.3, -0.25) is 0 Å². The molecule has 3 rings (SSSR count). The molecule has 1 N–H and O–H groups in total. The molecule has 0 unspecified atom stereocenters. The van der Waals surface area contributed by atoms with Gasteiger partial charge in [-0.25, -0.2) is 9.78 Å². The molecule has 100 valence electrons. The first kappa shape index (κ1) is 12.4. The molecule has 0 aliphatic heterocycles. The molecule has 20 heavy (non-hydrogen) atoms. The lowest BCUT2D eigenvalue weighted by Gasteiger charge is -2.04. The van der Waals surface area contributed by atoms with Crippen LogP contribution in [0, 0.1) is 6.92 Å². The zero-order valence-corrected chi connectivity index (χ0v) is 11.3. The number of aryl methyl sites for hydroxylation is 1. The van der Waals surface area contributed by atoms with Gasteiger partial charge in [-0.2, -0.15) is 0 Å². The summed E-state index contributed by atoms with van der Waals surface area (Å²) >= 11 is 0. The van der Waals surface area contributed by atoms with Gasteiger partial charge in [0.05, 0.1) is 23.7 Å². The fourth-order valence-corrected chi connectivity index (χ4v) is 2.23. The summed E-state index contributed by atoms with van der Waals surface area (Å²) in [4.78, 5) is 19.6. The number of hydrogen-bond donors (Lipinski definition) is 1. The lowest BCUT2D eigenvalue weighted by molar-refractivity contribution is 0.0601. The Morgan fingerprint density at radius 3 is 2.80 bits per heavy atom. The molecule has 1 heterocycles. The number of imidazole rings is 1. The maximum absolute atomic E-state index is 11.8. The Bertz CT molecular complexity index is 790. The van der Waals surface area contributed by atoms with Gasteiger partial charge in [0.15, 0.2) is 0 Å². The highest BCUT2D eigenvalue weighted by molar-refractivity contribution is 5.97. The molecule has 2 aromatic carbocycles. The van der Waals surface area contributed by atoms with Gasteiger partial charge in [0.25, 0.3) is 0 Å². The van der Waals surface area contributed by atoms with E-state index in [0.29, 0.717) is 11.4 Å². The van der Waals surface area contributed by atoms with Crippen molar-refractivity contribution in [2.75, 3.05) is 7.11 Å². The van der Waals surface area contributed by atoms with Gasteiger partial charge in [-0.15, -0.1) is 0 Å². The number of ether oxygens (including phenoxy) is 1. The zero-order chi connectivity index (χ0) is 14.1. The van der Waals surface area contributed by atoms with E-state index < -0.39 is 0 Å². The van der Waals surface area contributed by atoms with Crippen LogP contribution in [0.15, 0.2) is 42.5 Å². The monoisotopic (exact) mass is 266 g/mol. The number of hydrogen-bond acceptors (Lipinski definition) is 3. The summed E-state index contributed by atoms with van der Waals surface area (Å²) in [6.45, 7) is 2.03. The van der Waals surface area contributed by atoms with Crippen LogP contribution in [-0.2, 0) is 4.74 Å². The third kappa shape index (κ3) is 2.05. The molecule has 3 aromatic rings. The van der Waals surface area contributed by atoms with Crippen molar-refractivity contribution in [1.82, 2.24) is 9.97 Å². The number of H-pyrrole nitrogens is 1. The molecular weight excluding hydrogens is 252 g/mol. The van der Waals surface area contributed by atoms with Crippen LogP contribution in [-0.4, -0.2) is 23.0 Å². The molecule has 4 heteroatoms. The van der Waals surface area contributed by atoms with E-state index in [-0.39, 0.29) is 5.97 Å². The van der Waals surface area contributed by atoms with Crippen molar-refractivity contribution in [2.45, 2.75) is 6.92 Å². The van der Waals surface area contributed by atoms with E-state index in [1.165, 1.54) is 7.11 Å². The fourth-order valence-electron chi connectivity index (χ4n) is 2.23. The molecule has 0 radical (unpaired) electrons. The van der Waals surface area contributed by atoms with E-state index in [4.69, 9.17) is 4.74 Å². The molecule has 0 saturated heterocycles. The number of nitrogens with zero attached hydrogens (tertiary/aromatic N) is 1. The van der Waals surface area contributed by atoms with E-state index in [1.54, 1.807) is 6.07 Å². The van der Waals surface area contributed by atoms with E-state index in [2.05, 4.69) is 9.97 Å². The topological polar surface area (TPSA) is 55.0 Å². The molecule has 0 fully saturated rings. The standard InChI is InChI=1S/C16H14N2O2/c1-10-7-8-13-14(9-10)18-15(17-13)11-5-3-4-6-12(11)16(19)20-2/h3-9H,1-2H3,(H,17,18). The van der Waals surface area contributed by atoms with Crippen molar-refractivity contribution in [3.8, 4) is 11.4 Å².